The molecule has 6 nitrogen and oxygen atoms in total. The quantitative estimate of drug-likeness (QED) is 0.556. The summed E-state index contributed by atoms with van der Waals surface area (Å²) in [6.45, 7) is 1.90. The van der Waals surface area contributed by atoms with Crippen LogP contribution in [-0.2, 0) is 11.2 Å². The third kappa shape index (κ3) is 3.24. The van der Waals surface area contributed by atoms with Gasteiger partial charge in [0.15, 0.2) is 5.65 Å². The summed E-state index contributed by atoms with van der Waals surface area (Å²) in [5.74, 6) is 0.0259. The molecule has 3 aromatic rings. The predicted octanol–water partition coefficient (Wildman–Crippen LogP) is 3.03. The lowest BCUT2D eigenvalue weighted by Gasteiger charge is -2.27. The molecule has 0 unspecified atom stereocenters. The monoisotopic (exact) mass is 353 g/mol. The fourth-order valence-corrected chi connectivity index (χ4v) is 4.13. The maximum Gasteiger partial charge on any atom is 0.233 e. The number of aromatic nitrogens is 4. The summed E-state index contributed by atoms with van der Waals surface area (Å²) in [6, 6.07) is 8.47. The van der Waals surface area contributed by atoms with Crippen molar-refractivity contribution in [1.29, 1.82) is 0 Å². The van der Waals surface area contributed by atoms with Crippen LogP contribution >= 0.6 is 11.8 Å². The molecule has 0 aliphatic heterocycles. The van der Waals surface area contributed by atoms with Gasteiger partial charge in [0, 0.05) is 0 Å². The van der Waals surface area contributed by atoms with Crippen molar-refractivity contribution < 1.29 is 4.79 Å². The summed E-state index contributed by atoms with van der Waals surface area (Å²) in [4.78, 5) is 28.3. The van der Waals surface area contributed by atoms with E-state index in [9.17, 15) is 4.79 Å². The minimum absolute atomic E-state index is 0.0259. The minimum Gasteiger partial charge on any atom is -0.348 e. The maximum atomic E-state index is 12.7. The first kappa shape index (κ1) is 16.1. The Morgan fingerprint density at radius 1 is 1.32 bits per heavy atom. The van der Waals surface area contributed by atoms with Gasteiger partial charge in [-0.1, -0.05) is 36.0 Å². The van der Waals surface area contributed by atoms with E-state index in [4.69, 9.17) is 0 Å². The molecule has 0 spiro atoms. The Kier molecular flexibility index (Phi) is 4.40. The lowest BCUT2D eigenvalue weighted by atomic mass is 9.88. The van der Waals surface area contributed by atoms with Crippen molar-refractivity contribution in [2.75, 3.05) is 0 Å². The number of benzene rings is 1. The Morgan fingerprint density at radius 2 is 2.20 bits per heavy atom. The summed E-state index contributed by atoms with van der Waals surface area (Å²) < 4.78 is 0. The van der Waals surface area contributed by atoms with Crippen LogP contribution < -0.4 is 5.32 Å². The Hall–Kier alpha value is -2.41. The zero-order valence-electron chi connectivity index (χ0n) is 13.9. The van der Waals surface area contributed by atoms with Gasteiger partial charge in [-0.25, -0.2) is 15.0 Å². The normalized spacial score (nSPS) is 17.9. The van der Waals surface area contributed by atoms with E-state index in [0.29, 0.717) is 5.65 Å². The standard InChI is InChI=1S/C18H19N5OS/c1-11(25-18-15-16(20-9-19-15)21-10-22-18)17(24)23-14-8-4-6-12-5-2-3-7-13(12)14/h2-3,5,7,9-11,14H,4,6,8H2,1H3,(H,23,24)(H,19,20,21,22)/t11-,14-/m1/s1. The summed E-state index contributed by atoms with van der Waals surface area (Å²) >= 11 is 1.42. The van der Waals surface area contributed by atoms with Gasteiger partial charge in [-0.15, -0.1) is 0 Å². The van der Waals surface area contributed by atoms with Gasteiger partial charge in [0.1, 0.15) is 16.9 Å². The molecule has 0 fully saturated rings. The number of nitrogens with one attached hydrogen (secondary N) is 2. The first-order valence-corrected chi connectivity index (χ1v) is 9.29. The van der Waals surface area contributed by atoms with Crippen LogP contribution in [0.1, 0.15) is 36.9 Å². The molecule has 2 atom stereocenters. The lowest BCUT2D eigenvalue weighted by Crippen LogP contribution is -2.35. The van der Waals surface area contributed by atoms with Gasteiger partial charge in [0.05, 0.1) is 17.6 Å². The van der Waals surface area contributed by atoms with Gasteiger partial charge < -0.3 is 10.3 Å². The van der Waals surface area contributed by atoms with E-state index in [2.05, 4.69) is 43.5 Å². The molecule has 4 rings (SSSR count). The third-order valence-electron chi connectivity index (χ3n) is 4.53. The van der Waals surface area contributed by atoms with E-state index in [1.54, 1.807) is 6.33 Å². The van der Waals surface area contributed by atoms with E-state index in [0.717, 1.165) is 29.8 Å². The second-order valence-electron chi connectivity index (χ2n) is 6.19. The van der Waals surface area contributed by atoms with Crippen molar-refractivity contribution in [2.24, 2.45) is 0 Å². The number of carbonyl (C=O) groups excluding carboxylic acids is 1. The van der Waals surface area contributed by atoms with Crippen molar-refractivity contribution >= 4 is 28.8 Å². The molecule has 0 saturated heterocycles. The van der Waals surface area contributed by atoms with Gasteiger partial charge in [0.2, 0.25) is 5.91 Å². The van der Waals surface area contributed by atoms with Gasteiger partial charge >= 0.3 is 0 Å². The molecular weight excluding hydrogens is 334 g/mol. The number of aryl methyl sites for hydroxylation is 1. The van der Waals surface area contributed by atoms with Crippen LogP contribution in [0.25, 0.3) is 11.2 Å². The molecule has 1 aliphatic carbocycles. The smallest absolute Gasteiger partial charge is 0.233 e. The molecule has 2 heterocycles. The number of carbonyl (C=O) groups is 1. The number of H-pyrrole nitrogens is 1. The van der Waals surface area contributed by atoms with Gasteiger partial charge in [-0.3, -0.25) is 4.79 Å². The number of rotatable bonds is 4. The van der Waals surface area contributed by atoms with E-state index in [-0.39, 0.29) is 17.2 Å². The molecule has 0 saturated carbocycles. The van der Waals surface area contributed by atoms with Crippen LogP contribution in [0.2, 0.25) is 0 Å². The molecule has 1 aliphatic rings. The number of aromatic amines is 1. The van der Waals surface area contributed by atoms with Crippen LogP contribution in [-0.4, -0.2) is 31.1 Å². The van der Waals surface area contributed by atoms with Crippen molar-refractivity contribution in [3.8, 4) is 0 Å². The van der Waals surface area contributed by atoms with Crippen molar-refractivity contribution in [1.82, 2.24) is 25.3 Å². The molecule has 0 radical (unpaired) electrons. The summed E-state index contributed by atoms with van der Waals surface area (Å²) in [7, 11) is 0. The van der Waals surface area contributed by atoms with E-state index in [1.807, 2.05) is 13.0 Å². The Balaban J connectivity index is 1.47. The summed E-state index contributed by atoms with van der Waals surface area (Å²) in [5.41, 5.74) is 3.98. The topological polar surface area (TPSA) is 83.6 Å². The molecule has 25 heavy (non-hydrogen) atoms. The van der Waals surface area contributed by atoms with E-state index in [1.165, 1.54) is 29.2 Å². The molecule has 2 aromatic heterocycles. The fourth-order valence-electron chi connectivity index (χ4n) is 3.25. The van der Waals surface area contributed by atoms with Crippen molar-refractivity contribution in [3.05, 3.63) is 48.0 Å². The molecular formula is C18H19N5OS. The maximum absolute atomic E-state index is 12.7. The second kappa shape index (κ2) is 6.84. The van der Waals surface area contributed by atoms with Crippen LogP contribution in [0.4, 0.5) is 0 Å². The highest BCUT2D eigenvalue weighted by atomic mass is 32.2. The highest BCUT2D eigenvalue weighted by Crippen LogP contribution is 2.31. The summed E-state index contributed by atoms with van der Waals surface area (Å²) in [6.07, 6.45) is 6.24. The first-order chi connectivity index (χ1) is 12.2. The van der Waals surface area contributed by atoms with Crippen LogP contribution in [0.3, 0.4) is 0 Å². The van der Waals surface area contributed by atoms with E-state index < -0.39 is 0 Å². The van der Waals surface area contributed by atoms with Crippen molar-refractivity contribution in [3.63, 3.8) is 0 Å². The number of amides is 1. The zero-order valence-corrected chi connectivity index (χ0v) is 14.7. The largest absolute Gasteiger partial charge is 0.348 e. The van der Waals surface area contributed by atoms with Gasteiger partial charge in [0.25, 0.3) is 0 Å². The number of nitrogens with zero attached hydrogens (tertiary/aromatic N) is 3. The number of imidazole rings is 1. The zero-order chi connectivity index (χ0) is 17.2. The number of thioether (sulfide) groups is 1. The first-order valence-electron chi connectivity index (χ1n) is 8.41. The molecule has 0 bridgehead atoms. The Morgan fingerprint density at radius 3 is 3.12 bits per heavy atom. The van der Waals surface area contributed by atoms with E-state index >= 15 is 0 Å². The average molecular weight is 353 g/mol. The third-order valence-corrected chi connectivity index (χ3v) is 5.63. The molecule has 2 N–H and O–H groups in total. The predicted molar refractivity (Wildman–Crippen MR) is 97.3 cm³/mol. The number of fused-ring (bicyclic) bond motifs is 2. The Labute approximate surface area is 149 Å². The minimum atomic E-state index is -0.254. The SMILES string of the molecule is C[C@@H](Sc1ncnc2nc[nH]c12)C(=O)N[C@@H]1CCCc2ccccc21. The fraction of sp³-hybridized carbons (Fsp3) is 0.333. The molecule has 128 valence electrons. The number of hydrogen-bond donors (Lipinski definition) is 2. The number of hydrogen-bond acceptors (Lipinski definition) is 5. The van der Waals surface area contributed by atoms with Crippen LogP contribution in [0, 0.1) is 0 Å². The summed E-state index contributed by atoms with van der Waals surface area (Å²) in [5, 5.41) is 3.70. The highest BCUT2D eigenvalue weighted by Gasteiger charge is 2.24. The molecule has 7 heteroatoms. The van der Waals surface area contributed by atoms with Gasteiger partial charge in [-0.2, -0.15) is 0 Å². The van der Waals surface area contributed by atoms with Crippen molar-refractivity contribution in [2.45, 2.75) is 42.5 Å². The molecule has 1 amide bonds. The second-order valence-corrected chi connectivity index (χ2v) is 7.52. The molecule has 1 aromatic carbocycles. The Bertz CT molecular complexity index is 909. The lowest BCUT2D eigenvalue weighted by molar-refractivity contribution is -0.121. The average Bonchev–Trinajstić information content (AvgIpc) is 3.12. The highest BCUT2D eigenvalue weighted by molar-refractivity contribution is 8.00. The van der Waals surface area contributed by atoms with Crippen LogP contribution in [0.5, 0.6) is 0 Å². The van der Waals surface area contributed by atoms with Gasteiger partial charge in [-0.05, 0) is 37.3 Å². The van der Waals surface area contributed by atoms with Crippen LogP contribution in [0.15, 0.2) is 41.9 Å².